The lowest BCUT2D eigenvalue weighted by Crippen LogP contribution is -2.32. The predicted octanol–water partition coefficient (Wildman–Crippen LogP) is 1.79. The van der Waals surface area contributed by atoms with E-state index in [1.54, 1.807) is 26.0 Å². The van der Waals surface area contributed by atoms with Gasteiger partial charge in [0.1, 0.15) is 5.41 Å². The quantitative estimate of drug-likeness (QED) is 0.835. The number of aliphatic carboxylic acids is 1. The normalized spacial score (nSPS) is 13.8. The Labute approximate surface area is 99.9 Å². The van der Waals surface area contributed by atoms with Crippen molar-refractivity contribution in [3.05, 3.63) is 24.0 Å². The van der Waals surface area contributed by atoms with Crippen LogP contribution >= 0.6 is 0 Å². The molecule has 1 heterocycles. The van der Waals surface area contributed by atoms with Crippen LogP contribution in [0.3, 0.4) is 0 Å². The molecule has 0 radical (unpaired) electrons. The maximum atomic E-state index is 11.2. The minimum absolute atomic E-state index is 0.184. The third-order valence-corrected chi connectivity index (χ3v) is 2.83. The molecule has 0 aliphatic rings. The molecule has 0 fully saturated rings. The average molecular weight is 236 g/mol. The molecule has 0 aliphatic heterocycles. The van der Waals surface area contributed by atoms with Gasteiger partial charge in [-0.25, -0.2) is 0 Å². The second-order valence-electron chi connectivity index (χ2n) is 4.10. The van der Waals surface area contributed by atoms with E-state index >= 15 is 0 Å². The van der Waals surface area contributed by atoms with E-state index in [2.05, 4.69) is 10.3 Å². The van der Waals surface area contributed by atoms with Crippen LogP contribution < -0.4 is 5.32 Å². The summed E-state index contributed by atoms with van der Waals surface area (Å²) in [5.41, 5.74) is 0.0565. The van der Waals surface area contributed by atoms with Gasteiger partial charge in [0.2, 0.25) is 5.91 Å². The lowest BCUT2D eigenvalue weighted by atomic mass is 9.84. The summed E-state index contributed by atoms with van der Waals surface area (Å²) in [7, 11) is 0. The van der Waals surface area contributed by atoms with E-state index in [0.717, 1.165) is 0 Å². The molecule has 5 heteroatoms. The first kappa shape index (κ1) is 13.2. The number of anilines is 1. The fourth-order valence-corrected chi connectivity index (χ4v) is 1.44. The largest absolute Gasteiger partial charge is 0.481 e. The minimum Gasteiger partial charge on any atom is -0.481 e. The van der Waals surface area contributed by atoms with Crippen LogP contribution in [-0.2, 0) is 15.0 Å². The molecule has 5 nitrogen and oxygen atoms in total. The summed E-state index contributed by atoms with van der Waals surface area (Å²) >= 11 is 0. The number of pyridine rings is 1. The Hall–Kier alpha value is -1.91. The van der Waals surface area contributed by atoms with Crippen molar-refractivity contribution in [1.82, 2.24) is 4.98 Å². The summed E-state index contributed by atoms with van der Waals surface area (Å²) in [5.74, 6) is -1.09. The fourth-order valence-electron chi connectivity index (χ4n) is 1.44. The van der Waals surface area contributed by atoms with Crippen LogP contribution in [0, 0.1) is 0 Å². The van der Waals surface area contributed by atoms with Crippen LogP contribution in [0.4, 0.5) is 5.69 Å². The number of carboxylic acids is 1. The van der Waals surface area contributed by atoms with Gasteiger partial charge < -0.3 is 10.4 Å². The number of amides is 1. The van der Waals surface area contributed by atoms with Crippen molar-refractivity contribution in [2.45, 2.75) is 32.6 Å². The van der Waals surface area contributed by atoms with E-state index in [9.17, 15) is 14.7 Å². The SMILES string of the molecule is CCC(C)(C(=O)O)c1ccc(NC(C)=O)cn1. The first-order valence-electron chi connectivity index (χ1n) is 5.37. The molecule has 17 heavy (non-hydrogen) atoms. The molecule has 92 valence electrons. The lowest BCUT2D eigenvalue weighted by molar-refractivity contribution is -0.143. The molecular weight excluding hydrogens is 220 g/mol. The molecule has 1 rings (SSSR count). The number of carboxylic acid groups (broad SMARTS) is 1. The summed E-state index contributed by atoms with van der Waals surface area (Å²) in [4.78, 5) is 26.1. The van der Waals surface area contributed by atoms with E-state index in [1.807, 2.05) is 0 Å². The standard InChI is InChI=1S/C12H16N2O3/c1-4-12(3,11(16)17)10-6-5-9(7-13-10)14-8(2)15/h5-7H,4H2,1-3H3,(H,14,15)(H,16,17). The van der Waals surface area contributed by atoms with Gasteiger partial charge in [-0.2, -0.15) is 0 Å². The van der Waals surface area contributed by atoms with Gasteiger partial charge >= 0.3 is 5.97 Å². The van der Waals surface area contributed by atoms with E-state index in [-0.39, 0.29) is 5.91 Å². The van der Waals surface area contributed by atoms with E-state index in [1.165, 1.54) is 13.1 Å². The average Bonchev–Trinajstić information content (AvgIpc) is 2.28. The Morgan fingerprint density at radius 1 is 1.47 bits per heavy atom. The van der Waals surface area contributed by atoms with Gasteiger partial charge in [0.05, 0.1) is 17.6 Å². The van der Waals surface area contributed by atoms with Crippen LogP contribution in [-0.4, -0.2) is 22.0 Å². The molecule has 1 unspecified atom stereocenters. The maximum absolute atomic E-state index is 11.2. The number of hydrogen-bond acceptors (Lipinski definition) is 3. The highest BCUT2D eigenvalue weighted by atomic mass is 16.4. The van der Waals surface area contributed by atoms with Gasteiger partial charge in [0.15, 0.2) is 0 Å². The number of rotatable bonds is 4. The highest BCUT2D eigenvalue weighted by molar-refractivity contribution is 5.88. The first-order valence-corrected chi connectivity index (χ1v) is 5.37. The van der Waals surface area contributed by atoms with E-state index in [0.29, 0.717) is 17.8 Å². The summed E-state index contributed by atoms with van der Waals surface area (Å²) < 4.78 is 0. The number of nitrogens with one attached hydrogen (secondary N) is 1. The smallest absolute Gasteiger partial charge is 0.315 e. The molecule has 0 saturated heterocycles. The van der Waals surface area contributed by atoms with Gasteiger partial charge in [-0.1, -0.05) is 6.92 Å². The van der Waals surface area contributed by atoms with Gasteiger partial charge in [0, 0.05) is 6.92 Å². The van der Waals surface area contributed by atoms with Gasteiger partial charge in [-0.3, -0.25) is 14.6 Å². The van der Waals surface area contributed by atoms with E-state index < -0.39 is 11.4 Å². The topological polar surface area (TPSA) is 79.3 Å². The van der Waals surface area contributed by atoms with Gasteiger partial charge in [0.25, 0.3) is 0 Å². The zero-order chi connectivity index (χ0) is 13.1. The zero-order valence-corrected chi connectivity index (χ0v) is 10.2. The zero-order valence-electron chi connectivity index (χ0n) is 10.2. The Balaban J connectivity index is 3.01. The summed E-state index contributed by atoms with van der Waals surface area (Å²) in [6, 6.07) is 3.28. The predicted molar refractivity (Wildman–Crippen MR) is 63.8 cm³/mol. The summed E-state index contributed by atoms with van der Waals surface area (Å²) in [6.45, 7) is 4.84. The molecule has 1 amide bonds. The summed E-state index contributed by atoms with van der Waals surface area (Å²) in [5, 5.41) is 11.8. The maximum Gasteiger partial charge on any atom is 0.315 e. The molecule has 0 saturated carbocycles. The first-order chi connectivity index (χ1) is 7.90. The van der Waals surface area contributed by atoms with Crippen LogP contribution in [0.2, 0.25) is 0 Å². The number of aromatic nitrogens is 1. The second-order valence-corrected chi connectivity index (χ2v) is 4.10. The van der Waals surface area contributed by atoms with Gasteiger partial charge in [-0.05, 0) is 25.5 Å². The number of carbonyl (C=O) groups excluding carboxylic acids is 1. The molecule has 1 aromatic heterocycles. The van der Waals surface area contributed by atoms with Gasteiger partial charge in [-0.15, -0.1) is 0 Å². The molecule has 0 aliphatic carbocycles. The highest BCUT2D eigenvalue weighted by Gasteiger charge is 2.34. The third-order valence-electron chi connectivity index (χ3n) is 2.83. The van der Waals surface area contributed by atoms with Crippen molar-refractivity contribution in [3.63, 3.8) is 0 Å². The highest BCUT2D eigenvalue weighted by Crippen LogP contribution is 2.26. The molecule has 0 aromatic carbocycles. The Bertz CT molecular complexity index is 428. The molecule has 0 spiro atoms. The fraction of sp³-hybridized carbons (Fsp3) is 0.417. The van der Waals surface area contributed by atoms with Crippen LogP contribution in [0.25, 0.3) is 0 Å². The molecule has 0 bridgehead atoms. The third kappa shape index (κ3) is 2.81. The summed E-state index contributed by atoms with van der Waals surface area (Å²) in [6.07, 6.45) is 1.92. The molecule has 2 N–H and O–H groups in total. The minimum atomic E-state index is -0.991. The number of hydrogen-bond donors (Lipinski definition) is 2. The Morgan fingerprint density at radius 2 is 2.12 bits per heavy atom. The van der Waals surface area contributed by atoms with E-state index in [4.69, 9.17) is 0 Å². The van der Waals surface area contributed by atoms with Crippen molar-refractivity contribution < 1.29 is 14.7 Å². The van der Waals surface area contributed by atoms with Crippen LogP contribution in [0.5, 0.6) is 0 Å². The number of carbonyl (C=O) groups is 2. The molecular formula is C12H16N2O3. The molecule has 1 aromatic rings. The lowest BCUT2D eigenvalue weighted by Gasteiger charge is -2.22. The monoisotopic (exact) mass is 236 g/mol. The Morgan fingerprint density at radius 3 is 2.47 bits per heavy atom. The van der Waals surface area contributed by atoms with Crippen molar-refractivity contribution >= 4 is 17.6 Å². The second kappa shape index (κ2) is 4.95. The van der Waals surface area contributed by atoms with Crippen molar-refractivity contribution in [1.29, 1.82) is 0 Å². The van der Waals surface area contributed by atoms with Crippen LogP contribution in [0.1, 0.15) is 32.9 Å². The number of nitrogens with zero attached hydrogens (tertiary/aromatic N) is 1. The van der Waals surface area contributed by atoms with Crippen molar-refractivity contribution in [2.75, 3.05) is 5.32 Å². The van der Waals surface area contributed by atoms with Crippen LogP contribution in [0.15, 0.2) is 18.3 Å². The molecule has 1 atom stereocenters. The van der Waals surface area contributed by atoms with Crippen molar-refractivity contribution in [2.24, 2.45) is 0 Å². The Kier molecular flexibility index (Phi) is 3.83. The van der Waals surface area contributed by atoms with Crippen molar-refractivity contribution in [3.8, 4) is 0 Å².